The molecule has 170 valence electrons. The first kappa shape index (κ1) is 29.3. The molecule has 0 saturated carbocycles. The Morgan fingerprint density at radius 3 is 2.33 bits per heavy atom. The van der Waals surface area contributed by atoms with Crippen LogP contribution in [-0.2, 0) is 13.2 Å². The van der Waals surface area contributed by atoms with Gasteiger partial charge in [0.15, 0.2) is 11.5 Å². The molecular formula is C21H30BrCl3N2O3. The number of aliphatic hydroxyl groups is 1. The molecule has 0 aliphatic carbocycles. The first-order valence-corrected chi connectivity index (χ1v) is 10.6. The summed E-state index contributed by atoms with van der Waals surface area (Å²) in [4.78, 5) is 0. The van der Waals surface area contributed by atoms with Crippen LogP contribution in [0.5, 0.6) is 11.5 Å². The van der Waals surface area contributed by atoms with Crippen molar-refractivity contribution < 1.29 is 14.6 Å². The molecule has 0 radical (unpaired) electrons. The van der Waals surface area contributed by atoms with Crippen LogP contribution >= 0.6 is 52.3 Å². The summed E-state index contributed by atoms with van der Waals surface area (Å²) in [6.45, 7) is 7.63. The average molecular weight is 545 g/mol. The van der Waals surface area contributed by atoms with Gasteiger partial charge in [-0.15, -0.1) is 24.8 Å². The Morgan fingerprint density at radius 2 is 1.70 bits per heavy atom. The standard InChI is InChI=1S/C21H28BrClN2O3.2ClH/c1-3-27-20-11-17(13-25-9-8-24-12-15(2)26)10-19(22)21(20)28-14-16-4-6-18(23)7-5-16;;/h4-7,10-11,15,24-26H,3,8-9,12-14H2,1-2H3;2*1H. The van der Waals surface area contributed by atoms with Crippen molar-refractivity contribution in [2.24, 2.45) is 0 Å². The lowest BCUT2D eigenvalue weighted by Crippen LogP contribution is -2.31. The van der Waals surface area contributed by atoms with Gasteiger partial charge in [0.2, 0.25) is 0 Å². The van der Waals surface area contributed by atoms with E-state index in [0.717, 1.165) is 34.4 Å². The van der Waals surface area contributed by atoms with E-state index in [1.54, 1.807) is 6.92 Å². The summed E-state index contributed by atoms with van der Waals surface area (Å²) in [5.74, 6) is 1.41. The predicted octanol–water partition coefficient (Wildman–Crippen LogP) is 4.98. The van der Waals surface area contributed by atoms with Crippen molar-refractivity contribution in [3.63, 3.8) is 0 Å². The summed E-state index contributed by atoms with van der Waals surface area (Å²) in [6, 6.07) is 11.6. The molecule has 0 bridgehead atoms. The van der Waals surface area contributed by atoms with Crippen LogP contribution in [0.4, 0.5) is 0 Å². The summed E-state index contributed by atoms with van der Waals surface area (Å²) in [6.07, 6.45) is -0.329. The quantitative estimate of drug-likeness (QED) is 0.329. The lowest BCUT2D eigenvalue weighted by molar-refractivity contribution is 0.191. The number of rotatable bonds is 12. The maximum atomic E-state index is 9.23. The molecule has 0 aromatic heterocycles. The van der Waals surface area contributed by atoms with Crippen LogP contribution < -0.4 is 20.1 Å². The molecule has 9 heteroatoms. The van der Waals surface area contributed by atoms with Gasteiger partial charge < -0.3 is 25.2 Å². The van der Waals surface area contributed by atoms with Crippen molar-refractivity contribution in [3.05, 3.63) is 57.0 Å². The maximum Gasteiger partial charge on any atom is 0.175 e. The van der Waals surface area contributed by atoms with Gasteiger partial charge in [0, 0.05) is 31.2 Å². The molecule has 0 spiro atoms. The number of hydrogen-bond donors (Lipinski definition) is 3. The lowest BCUT2D eigenvalue weighted by Gasteiger charge is -2.16. The normalized spacial score (nSPS) is 11.2. The Morgan fingerprint density at radius 1 is 1.03 bits per heavy atom. The molecule has 2 rings (SSSR count). The Balaban J connectivity index is 0.00000420. The van der Waals surface area contributed by atoms with Crippen LogP contribution in [0.15, 0.2) is 40.9 Å². The Kier molecular flexibility index (Phi) is 15.6. The van der Waals surface area contributed by atoms with Gasteiger partial charge in [-0.3, -0.25) is 0 Å². The van der Waals surface area contributed by atoms with E-state index < -0.39 is 0 Å². The highest BCUT2D eigenvalue weighted by atomic mass is 79.9. The minimum absolute atomic E-state index is 0. The van der Waals surface area contributed by atoms with E-state index in [0.29, 0.717) is 37.1 Å². The molecule has 2 aromatic carbocycles. The third-order valence-corrected chi connectivity index (χ3v) is 4.75. The molecule has 0 fully saturated rings. The number of hydrogen-bond acceptors (Lipinski definition) is 5. The van der Waals surface area contributed by atoms with Gasteiger partial charge in [0.25, 0.3) is 0 Å². The van der Waals surface area contributed by atoms with Crippen LogP contribution in [0, 0.1) is 0 Å². The molecule has 0 aliphatic heterocycles. The molecule has 3 N–H and O–H groups in total. The fraction of sp³-hybridized carbons (Fsp3) is 0.429. The fourth-order valence-corrected chi connectivity index (χ4v) is 3.31. The second kappa shape index (κ2) is 16.0. The van der Waals surface area contributed by atoms with Crippen LogP contribution in [0.25, 0.3) is 0 Å². The summed E-state index contributed by atoms with van der Waals surface area (Å²) in [5, 5.41) is 16.5. The van der Waals surface area contributed by atoms with Gasteiger partial charge in [-0.2, -0.15) is 0 Å². The molecule has 0 aliphatic rings. The van der Waals surface area contributed by atoms with E-state index in [1.807, 2.05) is 43.3 Å². The second-order valence-corrected chi connectivity index (χ2v) is 7.77. The zero-order valence-corrected chi connectivity index (χ0v) is 21.1. The Bertz CT molecular complexity index is 734. The summed E-state index contributed by atoms with van der Waals surface area (Å²) in [5.41, 5.74) is 2.14. The van der Waals surface area contributed by atoms with E-state index in [-0.39, 0.29) is 30.9 Å². The molecule has 0 saturated heterocycles. The van der Waals surface area contributed by atoms with Crippen LogP contribution in [0.3, 0.4) is 0 Å². The summed E-state index contributed by atoms with van der Waals surface area (Å²) >= 11 is 9.54. The molecule has 0 amide bonds. The van der Waals surface area contributed by atoms with Crippen molar-refractivity contribution in [1.82, 2.24) is 10.6 Å². The number of aliphatic hydroxyl groups excluding tert-OH is 1. The van der Waals surface area contributed by atoms with Crippen LogP contribution in [0.2, 0.25) is 5.02 Å². The van der Waals surface area contributed by atoms with E-state index >= 15 is 0 Å². The van der Waals surface area contributed by atoms with Gasteiger partial charge in [-0.05, 0) is 65.2 Å². The molecular weight excluding hydrogens is 515 g/mol. The van der Waals surface area contributed by atoms with Gasteiger partial charge in [-0.1, -0.05) is 23.7 Å². The van der Waals surface area contributed by atoms with Crippen molar-refractivity contribution in [1.29, 1.82) is 0 Å². The Labute approximate surface area is 204 Å². The van der Waals surface area contributed by atoms with Gasteiger partial charge in [-0.25, -0.2) is 0 Å². The minimum atomic E-state index is -0.329. The smallest absolute Gasteiger partial charge is 0.175 e. The fourth-order valence-electron chi connectivity index (χ4n) is 2.58. The molecule has 30 heavy (non-hydrogen) atoms. The van der Waals surface area contributed by atoms with Crippen molar-refractivity contribution >= 4 is 52.3 Å². The SMILES string of the molecule is CCOc1cc(CNCCNCC(C)O)cc(Br)c1OCc1ccc(Cl)cc1.Cl.Cl. The van der Waals surface area contributed by atoms with E-state index in [4.69, 9.17) is 21.1 Å². The highest BCUT2D eigenvalue weighted by molar-refractivity contribution is 9.10. The van der Waals surface area contributed by atoms with Crippen molar-refractivity contribution in [2.45, 2.75) is 33.1 Å². The highest BCUT2D eigenvalue weighted by Crippen LogP contribution is 2.37. The van der Waals surface area contributed by atoms with E-state index in [9.17, 15) is 5.11 Å². The number of benzene rings is 2. The van der Waals surface area contributed by atoms with Crippen molar-refractivity contribution in [3.8, 4) is 11.5 Å². The van der Waals surface area contributed by atoms with Crippen molar-refractivity contribution in [2.75, 3.05) is 26.2 Å². The largest absolute Gasteiger partial charge is 0.490 e. The topological polar surface area (TPSA) is 62.8 Å². The van der Waals surface area contributed by atoms with Gasteiger partial charge in [0.1, 0.15) is 6.61 Å². The first-order valence-electron chi connectivity index (χ1n) is 9.41. The maximum absolute atomic E-state index is 9.23. The van der Waals surface area contributed by atoms with Gasteiger partial charge in [0.05, 0.1) is 17.2 Å². The monoisotopic (exact) mass is 542 g/mol. The Hall–Kier alpha value is -0.730. The van der Waals surface area contributed by atoms with Gasteiger partial charge >= 0.3 is 0 Å². The first-order chi connectivity index (χ1) is 13.5. The number of nitrogens with one attached hydrogen (secondary N) is 2. The molecule has 1 atom stereocenters. The lowest BCUT2D eigenvalue weighted by atomic mass is 10.2. The molecule has 2 aromatic rings. The summed E-state index contributed by atoms with van der Waals surface area (Å²) < 4.78 is 12.7. The van der Waals surface area contributed by atoms with Crippen LogP contribution in [-0.4, -0.2) is 37.5 Å². The highest BCUT2D eigenvalue weighted by Gasteiger charge is 2.13. The van der Waals surface area contributed by atoms with E-state index in [1.165, 1.54) is 0 Å². The minimum Gasteiger partial charge on any atom is -0.490 e. The van der Waals surface area contributed by atoms with Crippen LogP contribution in [0.1, 0.15) is 25.0 Å². The number of ether oxygens (including phenoxy) is 2. The van der Waals surface area contributed by atoms with E-state index in [2.05, 4.69) is 26.6 Å². The third-order valence-electron chi connectivity index (χ3n) is 3.91. The summed E-state index contributed by atoms with van der Waals surface area (Å²) in [7, 11) is 0. The predicted molar refractivity (Wildman–Crippen MR) is 132 cm³/mol. The zero-order valence-electron chi connectivity index (χ0n) is 17.1. The third kappa shape index (κ3) is 10.5. The molecule has 5 nitrogen and oxygen atoms in total. The molecule has 1 unspecified atom stereocenters. The molecule has 0 heterocycles. The number of halogens is 4. The second-order valence-electron chi connectivity index (χ2n) is 6.48. The average Bonchev–Trinajstić information content (AvgIpc) is 2.65. The zero-order chi connectivity index (χ0) is 20.4.